The Kier molecular flexibility index (Phi) is 8.19. The van der Waals surface area contributed by atoms with Crippen molar-refractivity contribution in [1.82, 2.24) is 5.43 Å². The van der Waals surface area contributed by atoms with Crippen molar-refractivity contribution in [2.45, 2.75) is 39.0 Å². The Labute approximate surface area is 150 Å². The molecule has 0 aliphatic rings. The summed E-state index contributed by atoms with van der Waals surface area (Å²) in [6.07, 6.45) is 8.70. The number of nitrogens with one attached hydrogen (secondary N) is 1. The summed E-state index contributed by atoms with van der Waals surface area (Å²) in [7, 11) is 0. The van der Waals surface area contributed by atoms with E-state index in [4.69, 9.17) is 0 Å². The number of carbonyl (C=O) groups excluding carboxylic acids is 1. The van der Waals surface area contributed by atoms with Gasteiger partial charge < -0.3 is 0 Å². The minimum atomic E-state index is -0.102. The Morgan fingerprint density at radius 2 is 1.68 bits per heavy atom. The zero-order chi connectivity index (χ0) is 17.7. The van der Waals surface area contributed by atoms with Crippen molar-refractivity contribution in [3.63, 3.8) is 0 Å². The lowest BCUT2D eigenvalue weighted by atomic mass is 10.1. The zero-order valence-electron chi connectivity index (χ0n) is 14.8. The van der Waals surface area contributed by atoms with Crippen molar-refractivity contribution in [2.24, 2.45) is 5.10 Å². The van der Waals surface area contributed by atoms with Crippen molar-refractivity contribution in [3.8, 4) is 0 Å². The van der Waals surface area contributed by atoms with E-state index in [0.717, 1.165) is 29.5 Å². The molecule has 0 spiro atoms. The largest absolute Gasteiger partial charge is 0.273 e. The fourth-order valence-corrected chi connectivity index (χ4v) is 2.52. The van der Waals surface area contributed by atoms with Crippen molar-refractivity contribution in [2.75, 3.05) is 0 Å². The highest BCUT2D eigenvalue weighted by Crippen LogP contribution is 2.12. The number of carbonyl (C=O) groups is 1. The molecule has 3 nitrogen and oxygen atoms in total. The minimum absolute atomic E-state index is 0.102. The van der Waals surface area contributed by atoms with Gasteiger partial charge in [0.25, 0.3) is 0 Å². The summed E-state index contributed by atoms with van der Waals surface area (Å²) in [5, 5.41) is 4.15. The summed E-state index contributed by atoms with van der Waals surface area (Å²) in [4.78, 5) is 12.0. The summed E-state index contributed by atoms with van der Waals surface area (Å²) in [6, 6.07) is 19.9. The molecule has 0 unspecified atom stereocenters. The van der Waals surface area contributed by atoms with Crippen LogP contribution in [0.15, 0.2) is 71.3 Å². The maximum atomic E-state index is 12.0. The summed E-state index contributed by atoms with van der Waals surface area (Å²) < 4.78 is 0. The molecule has 0 aromatic heterocycles. The van der Waals surface area contributed by atoms with E-state index in [2.05, 4.69) is 35.7 Å². The van der Waals surface area contributed by atoms with Gasteiger partial charge in [-0.1, -0.05) is 86.5 Å². The van der Waals surface area contributed by atoms with Crippen LogP contribution in [0.2, 0.25) is 0 Å². The average Bonchev–Trinajstić information content (AvgIpc) is 2.63. The van der Waals surface area contributed by atoms with E-state index < -0.39 is 0 Å². The third-order valence-corrected chi connectivity index (χ3v) is 3.85. The Morgan fingerprint density at radius 3 is 2.36 bits per heavy atom. The lowest BCUT2D eigenvalue weighted by molar-refractivity contribution is -0.120. The van der Waals surface area contributed by atoms with Crippen molar-refractivity contribution >= 4 is 18.2 Å². The number of hydrogen-bond acceptors (Lipinski definition) is 2. The van der Waals surface area contributed by atoms with Crippen LogP contribution in [0.5, 0.6) is 0 Å². The first kappa shape index (κ1) is 18.7. The molecule has 1 amide bonds. The second kappa shape index (κ2) is 11.0. The molecule has 1 N–H and O–H groups in total. The maximum Gasteiger partial charge on any atom is 0.244 e. The molecule has 2 aromatic rings. The van der Waals surface area contributed by atoms with Crippen LogP contribution < -0.4 is 5.43 Å². The second-order valence-corrected chi connectivity index (χ2v) is 6.04. The normalized spacial score (nSPS) is 11.6. The minimum Gasteiger partial charge on any atom is -0.273 e. The van der Waals surface area contributed by atoms with E-state index >= 15 is 0 Å². The van der Waals surface area contributed by atoms with Crippen LogP contribution in [0, 0.1) is 0 Å². The Balaban J connectivity index is 1.94. The van der Waals surface area contributed by atoms with E-state index in [1.54, 1.807) is 6.21 Å². The predicted octanol–water partition coefficient (Wildman–Crippen LogP) is 5.00. The monoisotopic (exact) mass is 334 g/mol. The maximum absolute atomic E-state index is 12.0. The molecule has 25 heavy (non-hydrogen) atoms. The van der Waals surface area contributed by atoms with Gasteiger partial charge in [0.1, 0.15) is 0 Å². The fourth-order valence-electron chi connectivity index (χ4n) is 2.52. The highest BCUT2D eigenvalue weighted by Gasteiger charge is 2.01. The van der Waals surface area contributed by atoms with Crippen LogP contribution in [-0.2, 0) is 11.2 Å². The Morgan fingerprint density at radius 1 is 1.00 bits per heavy atom. The molecule has 3 heteroatoms. The standard InChI is InChI=1S/C22H26N2O/c1-2-3-6-15-21(16-19-11-7-4-8-12-19)18-23-24-22(25)17-20-13-9-5-10-14-20/h4-5,7-14,16,18H,2-3,6,15,17H2,1H3,(H,24,25)/b21-16+,23-18+. The van der Waals surface area contributed by atoms with E-state index in [-0.39, 0.29) is 5.91 Å². The average molecular weight is 334 g/mol. The molecule has 0 aliphatic carbocycles. The fraction of sp³-hybridized carbons (Fsp3) is 0.273. The molecule has 0 fully saturated rings. The van der Waals surface area contributed by atoms with Crippen molar-refractivity contribution in [3.05, 3.63) is 77.4 Å². The Hall–Kier alpha value is -2.68. The number of benzene rings is 2. The lowest BCUT2D eigenvalue weighted by Gasteiger charge is -2.03. The first-order chi connectivity index (χ1) is 12.3. The van der Waals surface area contributed by atoms with Crippen molar-refractivity contribution in [1.29, 1.82) is 0 Å². The summed E-state index contributed by atoms with van der Waals surface area (Å²) in [5.41, 5.74) is 5.89. The molecule has 0 bridgehead atoms. The number of hydrazone groups is 1. The first-order valence-corrected chi connectivity index (χ1v) is 8.89. The number of hydrogen-bond donors (Lipinski definition) is 1. The van der Waals surface area contributed by atoms with Gasteiger partial charge in [-0.15, -0.1) is 0 Å². The number of unbranched alkanes of at least 4 members (excludes halogenated alkanes) is 2. The van der Waals surface area contributed by atoms with Crippen molar-refractivity contribution < 1.29 is 4.79 Å². The highest BCUT2D eigenvalue weighted by atomic mass is 16.2. The number of allylic oxidation sites excluding steroid dienone is 1. The number of rotatable bonds is 9. The third-order valence-electron chi connectivity index (χ3n) is 3.85. The topological polar surface area (TPSA) is 41.5 Å². The van der Waals surface area contributed by atoms with E-state index in [0.29, 0.717) is 6.42 Å². The highest BCUT2D eigenvalue weighted by molar-refractivity contribution is 5.87. The molecular formula is C22H26N2O. The van der Waals surface area contributed by atoms with Gasteiger partial charge in [-0.25, -0.2) is 5.43 Å². The molecule has 0 saturated heterocycles. The smallest absolute Gasteiger partial charge is 0.244 e. The lowest BCUT2D eigenvalue weighted by Crippen LogP contribution is -2.19. The molecule has 0 radical (unpaired) electrons. The second-order valence-electron chi connectivity index (χ2n) is 6.04. The predicted molar refractivity (Wildman–Crippen MR) is 105 cm³/mol. The summed E-state index contributed by atoms with van der Waals surface area (Å²) in [5.74, 6) is -0.102. The molecule has 0 aliphatic heterocycles. The molecule has 2 aromatic carbocycles. The van der Waals surface area contributed by atoms with Crippen LogP contribution in [0.25, 0.3) is 6.08 Å². The van der Waals surface area contributed by atoms with Gasteiger partial charge in [-0.3, -0.25) is 4.79 Å². The number of nitrogens with zero attached hydrogens (tertiary/aromatic N) is 1. The number of amides is 1. The van der Waals surface area contributed by atoms with E-state index in [9.17, 15) is 4.79 Å². The van der Waals surface area contributed by atoms with Gasteiger partial charge in [-0.05, 0) is 29.5 Å². The van der Waals surface area contributed by atoms with E-state index in [1.807, 2.05) is 48.5 Å². The molecule has 0 heterocycles. The molecular weight excluding hydrogens is 308 g/mol. The van der Waals surface area contributed by atoms with Gasteiger partial charge in [0, 0.05) is 0 Å². The quantitative estimate of drug-likeness (QED) is 0.391. The Bertz CT molecular complexity index is 690. The van der Waals surface area contributed by atoms with Crippen LogP contribution >= 0.6 is 0 Å². The van der Waals surface area contributed by atoms with E-state index in [1.165, 1.54) is 12.8 Å². The first-order valence-electron chi connectivity index (χ1n) is 8.89. The van der Waals surface area contributed by atoms with Crippen LogP contribution in [-0.4, -0.2) is 12.1 Å². The van der Waals surface area contributed by atoms with Crippen LogP contribution in [0.4, 0.5) is 0 Å². The SMILES string of the molecule is CCCCCC(/C=N/NC(=O)Cc1ccccc1)=C\c1ccccc1. The summed E-state index contributed by atoms with van der Waals surface area (Å²) >= 11 is 0. The molecule has 130 valence electrons. The molecule has 0 atom stereocenters. The van der Waals surface area contributed by atoms with Crippen LogP contribution in [0.3, 0.4) is 0 Å². The molecule has 2 rings (SSSR count). The summed E-state index contributed by atoms with van der Waals surface area (Å²) in [6.45, 7) is 2.19. The zero-order valence-corrected chi connectivity index (χ0v) is 14.8. The molecule has 0 saturated carbocycles. The van der Waals surface area contributed by atoms with Gasteiger partial charge in [0.15, 0.2) is 0 Å². The van der Waals surface area contributed by atoms with Gasteiger partial charge in [0.05, 0.1) is 12.6 Å². The van der Waals surface area contributed by atoms with Gasteiger partial charge >= 0.3 is 0 Å². The third kappa shape index (κ3) is 7.62. The van der Waals surface area contributed by atoms with Gasteiger partial charge in [-0.2, -0.15) is 5.10 Å². The van der Waals surface area contributed by atoms with Crippen LogP contribution in [0.1, 0.15) is 43.7 Å². The van der Waals surface area contributed by atoms with Gasteiger partial charge in [0.2, 0.25) is 5.91 Å².